The van der Waals surface area contributed by atoms with Gasteiger partial charge in [-0.1, -0.05) is 30.3 Å². The molecule has 9 heteroatoms. The van der Waals surface area contributed by atoms with Crippen LogP contribution in [-0.4, -0.2) is 22.9 Å². The molecule has 0 unspecified atom stereocenters. The third kappa shape index (κ3) is 4.61. The van der Waals surface area contributed by atoms with Gasteiger partial charge in [0.2, 0.25) is 0 Å². The van der Waals surface area contributed by atoms with E-state index in [1.54, 1.807) is 24.3 Å². The van der Waals surface area contributed by atoms with Gasteiger partial charge in [-0.15, -0.1) is 0 Å². The van der Waals surface area contributed by atoms with Crippen LogP contribution in [0.25, 0.3) is 10.9 Å². The van der Waals surface area contributed by atoms with Crippen molar-refractivity contribution in [1.29, 1.82) is 5.26 Å². The summed E-state index contributed by atoms with van der Waals surface area (Å²) in [7, 11) is 1.53. The fourth-order valence-electron chi connectivity index (χ4n) is 3.46. The van der Waals surface area contributed by atoms with E-state index in [1.165, 1.54) is 25.3 Å². The van der Waals surface area contributed by atoms with Gasteiger partial charge in [-0.3, -0.25) is 14.9 Å². The number of rotatable bonds is 7. The molecule has 0 fully saturated rings. The average molecular weight is 453 g/mol. The summed E-state index contributed by atoms with van der Waals surface area (Å²) < 4.78 is 5.11. The summed E-state index contributed by atoms with van der Waals surface area (Å²) in [5.74, 6) is 0.203. The Kier molecular flexibility index (Phi) is 6.32. The van der Waals surface area contributed by atoms with Gasteiger partial charge in [-0.25, -0.2) is 4.98 Å². The number of anilines is 2. The highest BCUT2D eigenvalue weighted by molar-refractivity contribution is 6.07. The Balaban J connectivity index is 1.78. The zero-order chi connectivity index (χ0) is 24.1. The average Bonchev–Trinajstić information content (AvgIpc) is 2.87. The van der Waals surface area contributed by atoms with Gasteiger partial charge in [-0.05, 0) is 35.9 Å². The minimum absolute atomic E-state index is 0.0558. The van der Waals surface area contributed by atoms with Crippen LogP contribution in [0.15, 0.2) is 72.8 Å². The van der Waals surface area contributed by atoms with E-state index >= 15 is 0 Å². The molecule has 0 saturated carbocycles. The van der Waals surface area contributed by atoms with Crippen LogP contribution >= 0.6 is 0 Å². The molecule has 0 aliphatic rings. The predicted octanol–water partition coefficient (Wildman–Crippen LogP) is 4.89. The quantitative estimate of drug-likeness (QED) is 0.301. The maximum atomic E-state index is 12.8. The molecule has 4 rings (SSSR count). The number of nitrogens with one attached hydrogen (secondary N) is 2. The number of pyridine rings is 1. The zero-order valence-electron chi connectivity index (χ0n) is 18.1. The third-order valence-corrected chi connectivity index (χ3v) is 5.19. The number of fused-ring (bicyclic) bond motifs is 1. The largest absolute Gasteiger partial charge is 0.497 e. The second-order valence-corrected chi connectivity index (χ2v) is 7.30. The van der Waals surface area contributed by atoms with Crippen LogP contribution in [0.5, 0.6) is 5.75 Å². The van der Waals surface area contributed by atoms with Crippen LogP contribution in [0.2, 0.25) is 0 Å². The molecule has 0 bridgehead atoms. The number of amides is 1. The minimum atomic E-state index is -0.508. The molecule has 0 saturated heterocycles. The van der Waals surface area contributed by atoms with Crippen molar-refractivity contribution in [3.63, 3.8) is 0 Å². The lowest BCUT2D eigenvalue weighted by atomic mass is 10.1. The highest BCUT2D eigenvalue weighted by Crippen LogP contribution is 2.34. The number of hydrogen-bond acceptors (Lipinski definition) is 7. The summed E-state index contributed by atoms with van der Waals surface area (Å²) in [5, 5.41) is 27.6. The maximum absolute atomic E-state index is 12.8. The van der Waals surface area contributed by atoms with Crippen molar-refractivity contribution >= 4 is 34.0 Å². The van der Waals surface area contributed by atoms with E-state index in [1.807, 2.05) is 30.3 Å². The van der Waals surface area contributed by atoms with Crippen molar-refractivity contribution in [1.82, 2.24) is 4.98 Å². The first-order chi connectivity index (χ1) is 16.5. The number of hydrogen-bond donors (Lipinski definition) is 2. The molecular formula is C25H19N5O4. The molecule has 168 valence electrons. The first-order valence-electron chi connectivity index (χ1n) is 10.3. The molecule has 0 aliphatic heterocycles. The first kappa shape index (κ1) is 22.2. The monoisotopic (exact) mass is 453 g/mol. The zero-order valence-corrected chi connectivity index (χ0v) is 18.1. The van der Waals surface area contributed by atoms with Gasteiger partial charge >= 0.3 is 0 Å². The Morgan fingerprint density at radius 2 is 1.85 bits per heavy atom. The van der Waals surface area contributed by atoms with E-state index < -0.39 is 10.8 Å². The van der Waals surface area contributed by atoms with Gasteiger partial charge in [-0.2, -0.15) is 5.26 Å². The number of non-ortho nitro benzene ring substituents is 1. The summed E-state index contributed by atoms with van der Waals surface area (Å²) in [4.78, 5) is 28.1. The van der Waals surface area contributed by atoms with E-state index in [4.69, 9.17) is 4.74 Å². The molecule has 0 atom stereocenters. The van der Waals surface area contributed by atoms with E-state index in [2.05, 4.69) is 21.7 Å². The lowest BCUT2D eigenvalue weighted by Crippen LogP contribution is -2.15. The molecule has 0 aliphatic carbocycles. The summed E-state index contributed by atoms with van der Waals surface area (Å²) in [5.41, 5.74) is 2.00. The number of carbonyl (C=O) groups excluding carboxylic acids is 1. The molecule has 1 aromatic heterocycles. The maximum Gasteiger partial charge on any atom is 0.270 e. The lowest BCUT2D eigenvalue weighted by Gasteiger charge is -2.15. The Hall–Kier alpha value is -4.97. The number of nitrogens with zero attached hydrogens (tertiary/aromatic N) is 3. The second-order valence-electron chi connectivity index (χ2n) is 7.30. The summed E-state index contributed by atoms with van der Waals surface area (Å²) in [6.45, 7) is 0.364. The first-order valence-corrected chi connectivity index (χ1v) is 10.3. The Morgan fingerprint density at radius 3 is 2.50 bits per heavy atom. The number of nitro benzene ring substituents is 1. The molecule has 1 heterocycles. The van der Waals surface area contributed by atoms with Gasteiger partial charge in [0.05, 0.1) is 23.2 Å². The van der Waals surface area contributed by atoms with E-state index in [9.17, 15) is 20.2 Å². The minimum Gasteiger partial charge on any atom is -0.497 e. The number of nitriles is 1. The van der Waals surface area contributed by atoms with Crippen LogP contribution in [0.4, 0.5) is 17.2 Å². The number of nitro groups is 1. The topological polar surface area (TPSA) is 130 Å². The van der Waals surface area contributed by atoms with Crippen molar-refractivity contribution in [2.24, 2.45) is 0 Å². The Bertz CT molecular complexity index is 1410. The summed E-state index contributed by atoms with van der Waals surface area (Å²) in [6, 6.07) is 22.3. The Labute approximate surface area is 194 Å². The van der Waals surface area contributed by atoms with Crippen LogP contribution < -0.4 is 15.4 Å². The smallest absolute Gasteiger partial charge is 0.270 e. The van der Waals surface area contributed by atoms with Crippen molar-refractivity contribution in [3.8, 4) is 11.8 Å². The van der Waals surface area contributed by atoms with Crippen molar-refractivity contribution in [2.45, 2.75) is 6.54 Å². The number of ether oxygens (including phenoxy) is 1. The molecule has 4 aromatic rings. The van der Waals surface area contributed by atoms with Gasteiger partial charge in [0.25, 0.3) is 11.6 Å². The SMILES string of the molecule is COc1ccc(C(=O)Nc2nc3ccc([N+](=O)[O-])cc3c(NCc3ccccc3)c2C#N)cc1. The number of aromatic nitrogens is 1. The normalized spacial score (nSPS) is 10.4. The van der Waals surface area contributed by atoms with Gasteiger partial charge in [0.1, 0.15) is 17.4 Å². The van der Waals surface area contributed by atoms with Gasteiger partial charge in [0.15, 0.2) is 5.82 Å². The van der Waals surface area contributed by atoms with Crippen molar-refractivity contribution < 1.29 is 14.5 Å². The molecule has 2 N–H and O–H groups in total. The molecule has 0 radical (unpaired) electrons. The Morgan fingerprint density at radius 1 is 1.12 bits per heavy atom. The van der Waals surface area contributed by atoms with Gasteiger partial charge in [0, 0.05) is 29.6 Å². The molecule has 9 nitrogen and oxygen atoms in total. The van der Waals surface area contributed by atoms with Crippen LogP contribution in [-0.2, 0) is 6.54 Å². The molecular weight excluding hydrogens is 434 g/mol. The van der Waals surface area contributed by atoms with Gasteiger partial charge < -0.3 is 15.4 Å². The van der Waals surface area contributed by atoms with E-state index in [0.717, 1.165) is 5.56 Å². The summed E-state index contributed by atoms with van der Waals surface area (Å²) in [6.07, 6.45) is 0. The molecule has 0 spiro atoms. The van der Waals surface area contributed by atoms with E-state index in [0.29, 0.717) is 34.4 Å². The fraction of sp³-hybridized carbons (Fsp3) is 0.0800. The molecule has 3 aromatic carbocycles. The number of carbonyl (C=O) groups is 1. The van der Waals surface area contributed by atoms with Crippen LogP contribution in [0, 0.1) is 21.4 Å². The van der Waals surface area contributed by atoms with Crippen LogP contribution in [0.1, 0.15) is 21.5 Å². The van der Waals surface area contributed by atoms with Crippen molar-refractivity contribution in [2.75, 3.05) is 17.7 Å². The predicted molar refractivity (Wildman–Crippen MR) is 128 cm³/mol. The lowest BCUT2D eigenvalue weighted by molar-refractivity contribution is -0.384. The molecule has 34 heavy (non-hydrogen) atoms. The number of benzene rings is 3. The molecule has 1 amide bonds. The highest BCUT2D eigenvalue weighted by Gasteiger charge is 2.20. The summed E-state index contributed by atoms with van der Waals surface area (Å²) >= 11 is 0. The van der Waals surface area contributed by atoms with E-state index in [-0.39, 0.29) is 17.1 Å². The fourth-order valence-corrected chi connectivity index (χ4v) is 3.46. The number of methoxy groups -OCH3 is 1. The second kappa shape index (κ2) is 9.67. The van der Waals surface area contributed by atoms with Crippen LogP contribution in [0.3, 0.4) is 0 Å². The van der Waals surface area contributed by atoms with Crippen molar-refractivity contribution in [3.05, 3.63) is 99.6 Å². The highest BCUT2D eigenvalue weighted by atomic mass is 16.6. The third-order valence-electron chi connectivity index (χ3n) is 5.19. The standard InChI is InChI=1S/C25H19N5O4/c1-34-19-10-7-17(8-11-19)25(31)29-24-21(14-26)23(27-15-16-5-3-2-4-6-16)20-13-18(30(32)33)9-12-22(20)28-24/h2-13H,15H2,1H3,(H2,27,28,29,31).